The fourth-order valence-electron chi connectivity index (χ4n) is 2.95. The van der Waals surface area contributed by atoms with Crippen molar-refractivity contribution in [3.05, 3.63) is 45.2 Å². The Morgan fingerprint density at radius 2 is 2.12 bits per heavy atom. The third-order valence-electron chi connectivity index (χ3n) is 4.72. The smallest absolute Gasteiger partial charge is 0.282 e. The monoisotopic (exact) mass is 392 g/mol. The Balaban J connectivity index is 2.02. The molecule has 0 saturated heterocycles. The predicted octanol–water partition coefficient (Wildman–Crippen LogP) is 5.05. The van der Waals surface area contributed by atoms with Gasteiger partial charge in [0.2, 0.25) is 0 Å². The van der Waals surface area contributed by atoms with Crippen molar-refractivity contribution in [2.75, 3.05) is 7.11 Å². The van der Waals surface area contributed by atoms with E-state index in [1.54, 1.807) is 25.3 Å². The SMILES string of the molecule is COc1ccc(Cl)cc1C(=O)/N=c1\sn(C(C)(C)C)cc1CC1CCC1. The van der Waals surface area contributed by atoms with E-state index in [0.717, 1.165) is 16.7 Å². The number of nitrogens with zero attached hydrogens (tertiary/aromatic N) is 2. The van der Waals surface area contributed by atoms with Crippen LogP contribution < -0.4 is 9.41 Å². The summed E-state index contributed by atoms with van der Waals surface area (Å²) in [5.74, 6) is 0.883. The van der Waals surface area contributed by atoms with E-state index >= 15 is 0 Å². The molecule has 140 valence electrons. The first-order chi connectivity index (χ1) is 12.3. The van der Waals surface area contributed by atoms with Gasteiger partial charge in [0.25, 0.3) is 5.91 Å². The van der Waals surface area contributed by atoms with Crippen LogP contribution in [0.5, 0.6) is 5.75 Å². The fraction of sp³-hybridized carbons (Fsp3) is 0.500. The Kier molecular flexibility index (Phi) is 5.58. The lowest BCUT2D eigenvalue weighted by Crippen LogP contribution is -2.18. The number of aromatic nitrogens is 1. The first kappa shape index (κ1) is 19.2. The van der Waals surface area contributed by atoms with E-state index in [2.05, 4.69) is 35.9 Å². The van der Waals surface area contributed by atoms with E-state index < -0.39 is 0 Å². The lowest BCUT2D eigenvalue weighted by molar-refractivity contribution is 0.0996. The number of amides is 1. The van der Waals surface area contributed by atoms with E-state index in [1.165, 1.54) is 30.8 Å². The van der Waals surface area contributed by atoms with Crippen LogP contribution in [0.25, 0.3) is 0 Å². The predicted molar refractivity (Wildman–Crippen MR) is 106 cm³/mol. The average molecular weight is 393 g/mol. The summed E-state index contributed by atoms with van der Waals surface area (Å²) in [6.07, 6.45) is 6.98. The van der Waals surface area contributed by atoms with Gasteiger partial charge in [-0.25, -0.2) is 0 Å². The molecule has 0 N–H and O–H groups in total. The molecule has 1 saturated carbocycles. The summed E-state index contributed by atoms with van der Waals surface area (Å²) < 4.78 is 8.27. The van der Waals surface area contributed by atoms with E-state index in [1.807, 2.05) is 0 Å². The van der Waals surface area contributed by atoms with Gasteiger partial charge >= 0.3 is 0 Å². The highest BCUT2D eigenvalue weighted by Gasteiger charge is 2.22. The molecule has 2 aromatic rings. The molecule has 0 aliphatic heterocycles. The van der Waals surface area contributed by atoms with Gasteiger partial charge in [-0.05, 0) is 62.8 Å². The third kappa shape index (κ3) is 4.21. The summed E-state index contributed by atoms with van der Waals surface area (Å²) in [5, 5.41) is 0.495. The minimum atomic E-state index is -0.317. The summed E-state index contributed by atoms with van der Waals surface area (Å²) in [6, 6.07) is 5.02. The minimum absolute atomic E-state index is 0.0381. The number of methoxy groups -OCH3 is 1. The molecule has 0 bridgehead atoms. The van der Waals surface area contributed by atoms with Gasteiger partial charge in [-0.15, -0.1) is 0 Å². The van der Waals surface area contributed by atoms with Crippen molar-refractivity contribution in [2.24, 2.45) is 10.9 Å². The molecule has 0 atom stereocenters. The van der Waals surface area contributed by atoms with E-state index in [-0.39, 0.29) is 11.4 Å². The average Bonchev–Trinajstić information content (AvgIpc) is 2.94. The fourth-order valence-corrected chi connectivity index (χ4v) is 4.13. The normalized spacial score (nSPS) is 15.8. The Hall–Kier alpha value is -1.59. The molecule has 1 aliphatic carbocycles. The second-order valence-corrected chi connectivity index (χ2v) is 9.21. The van der Waals surface area contributed by atoms with Crippen LogP contribution in [0.3, 0.4) is 0 Å². The summed E-state index contributed by atoms with van der Waals surface area (Å²) in [4.78, 5) is 17.3. The molecule has 3 rings (SSSR count). The van der Waals surface area contributed by atoms with Gasteiger partial charge in [-0.2, -0.15) is 4.99 Å². The Morgan fingerprint density at radius 3 is 2.69 bits per heavy atom. The highest BCUT2D eigenvalue weighted by atomic mass is 35.5. The lowest BCUT2D eigenvalue weighted by Gasteiger charge is -2.24. The molecular weight excluding hydrogens is 368 g/mol. The highest BCUT2D eigenvalue weighted by molar-refractivity contribution is 7.04. The maximum Gasteiger partial charge on any atom is 0.282 e. The van der Waals surface area contributed by atoms with Crippen molar-refractivity contribution in [2.45, 2.75) is 52.0 Å². The van der Waals surface area contributed by atoms with Gasteiger partial charge in [0.1, 0.15) is 10.4 Å². The van der Waals surface area contributed by atoms with Gasteiger partial charge in [0.15, 0.2) is 0 Å². The molecular formula is C20H25ClN2O2S. The lowest BCUT2D eigenvalue weighted by atomic mass is 9.81. The molecule has 0 radical (unpaired) electrons. The number of ether oxygens (including phenoxy) is 1. The number of hydrogen-bond donors (Lipinski definition) is 0. The molecule has 26 heavy (non-hydrogen) atoms. The number of carbonyl (C=O) groups excluding carboxylic acids is 1. The van der Waals surface area contributed by atoms with Crippen LogP contribution in [0.2, 0.25) is 5.02 Å². The Bertz CT molecular complexity index is 873. The topological polar surface area (TPSA) is 43.6 Å². The quantitative estimate of drug-likeness (QED) is 0.730. The zero-order valence-electron chi connectivity index (χ0n) is 15.7. The molecule has 1 aromatic heterocycles. The second-order valence-electron chi connectivity index (χ2n) is 7.81. The van der Waals surface area contributed by atoms with Crippen LogP contribution in [-0.2, 0) is 12.0 Å². The Labute approximate surface area is 163 Å². The Morgan fingerprint density at radius 1 is 1.38 bits per heavy atom. The molecule has 1 aromatic carbocycles. The molecule has 1 heterocycles. The third-order valence-corrected chi connectivity index (χ3v) is 6.33. The van der Waals surface area contributed by atoms with Crippen LogP contribution in [0.4, 0.5) is 0 Å². The maximum absolute atomic E-state index is 12.8. The van der Waals surface area contributed by atoms with Crippen LogP contribution >= 0.6 is 23.1 Å². The van der Waals surface area contributed by atoms with Crippen LogP contribution in [0.1, 0.15) is 56.0 Å². The highest BCUT2D eigenvalue weighted by Crippen LogP contribution is 2.30. The van der Waals surface area contributed by atoms with Crippen LogP contribution in [0, 0.1) is 5.92 Å². The molecule has 4 nitrogen and oxygen atoms in total. The maximum atomic E-state index is 12.8. The zero-order valence-corrected chi connectivity index (χ0v) is 17.3. The van der Waals surface area contributed by atoms with Gasteiger partial charge in [0.05, 0.1) is 12.7 Å². The number of rotatable bonds is 4. The molecule has 1 aliphatic rings. The van der Waals surface area contributed by atoms with Crippen LogP contribution in [-0.4, -0.2) is 17.0 Å². The van der Waals surface area contributed by atoms with Crippen molar-refractivity contribution in [3.8, 4) is 5.75 Å². The van der Waals surface area contributed by atoms with Crippen molar-refractivity contribution < 1.29 is 9.53 Å². The van der Waals surface area contributed by atoms with Gasteiger partial charge in [-0.3, -0.25) is 8.75 Å². The van der Waals surface area contributed by atoms with Crippen molar-refractivity contribution in [3.63, 3.8) is 0 Å². The minimum Gasteiger partial charge on any atom is -0.496 e. The zero-order chi connectivity index (χ0) is 18.9. The number of benzene rings is 1. The second kappa shape index (κ2) is 7.57. The molecule has 1 fully saturated rings. The largest absolute Gasteiger partial charge is 0.496 e. The summed E-state index contributed by atoms with van der Waals surface area (Å²) in [5.41, 5.74) is 1.51. The first-order valence-corrected chi connectivity index (χ1v) is 10.1. The van der Waals surface area contributed by atoms with Crippen LogP contribution in [0.15, 0.2) is 29.4 Å². The van der Waals surface area contributed by atoms with E-state index in [4.69, 9.17) is 16.3 Å². The standard InChI is InChI=1S/C20H25ClN2O2S/c1-20(2,3)23-12-14(10-13-6-5-7-13)19(26-23)22-18(24)16-11-15(21)8-9-17(16)25-4/h8-9,11-13H,5-7,10H2,1-4H3/b22-19-. The summed E-state index contributed by atoms with van der Waals surface area (Å²) >= 11 is 7.60. The number of carbonyl (C=O) groups is 1. The summed E-state index contributed by atoms with van der Waals surface area (Å²) in [6.45, 7) is 6.46. The first-order valence-electron chi connectivity index (χ1n) is 8.93. The molecule has 0 unspecified atom stereocenters. The van der Waals surface area contributed by atoms with Crippen molar-refractivity contribution in [1.29, 1.82) is 0 Å². The van der Waals surface area contributed by atoms with Crippen molar-refractivity contribution in [1.82, 2.24) is 3.96 Å². The molecule has 6 heteroatoms. The van der Waals surface area contributed by atoms with Gasteiger partial charge in [0, 0.05) is 22.3 Å². The molecule has 1 amide bonds. The van der Waals surface area contributed by atoms with Gasteiger partial charge < -0.3 is 4.74 Å². The number of halogens is 1. The summed E-state index contributed by atoms with van der Waals surface area (Å²) in [7, 11) is 1.54. The number of hydrogen-bond acceptors (Lipinski definition) is 3. The van der Waals surface area contributed by atoms with Gasteiger partial charge in [-0.1, -0.05) is 30.9 Å². The van der Waals surface area contributed by atoms with Crippen molar-refractivity contribution >= 4 is 29.0 Å². The van der Waals surface area contributed by atoms with E-state index in [9.17, 15) is 4.79 Å². The van der Waals surface area contributed by atoms with E-state index in [0.29, 0.717) is 22.3 Å². The molecule has 0 spiro atoms.